The number of likely N-dealkylation sites (tertiary alicyclic amines) is 1. The minimum atomic E-state index is 0.133. The van der Waals surface area contributed by atoms with Crippen LogP contribution in [-0.4, -0.2) is 77.7 Å². The number of nitrogens with zero attached hydrogens (tertiary/aromatic N) is 3. The lowest BCUT2D eigenvalue weighted by molar-refractivity contribution is -0.134. The Morgan fingerprint density at radius 1 is 1.08 bits per heavy atom. The van der Waals surface area contributed by atoms with Crippen molar-refractivity contribution in [2.45, 2.75) is 37.2 Å². The van der Waals surface area contributed by atoms with E-state index in [-0.39, 0.29) is 6.04 Å². The van der Waals surface area contributed by atoms with Crippen LogP contribution in [0, 0.1) is 0 Å². The van der Waals surface area contributed by atoms with Gasteiger partial charge in [-0.05, 0) is 32.4 Å². The smallest absolute Gasteiger partial charge is 0.240 e. The maximum absolute atomic E-state index is 12.5. The zero-order valence-electron chi connectivity index (χ0n) is 14.9. The van der Waals surface area contributed by atoms with E-state index in [1.165, 1.54) is 4.90 Å². The largest absolute Gasteiger partial charge is 0.339 e. The van der Waals surface area contributed by atoms with E-state index < -0.39 is 0 Å². The van der Waals surface area contributed by atoms with Crippen LogP contribution in [0.25, 0.3) is 0 Å². The highest BCUT2D eigenvalue weighted by atomic mass is 32.2. The molecule has 0 N–H and O–H groups in total. The number of benzene rings is 1. The van der Waals surface area contributed by atoms with Gasteiger partial charge >= 0.3 is 0 Å². The van der Waals surface area contributed by atoms with E-state index in [2.05, 4.69) is 54.0 Å². The topological polar surface area (TPSA) is 26.8 Å². The Morgan fingerprint density at radius 2 is 1.79 bits per heavy atom. The van der Waals surface area contributed by atoms with Crippen molar-refractivity contribution >= 4 is 17.7 Å². The summed E-state index contributed by atoms with van der Waals surface area (Å²) in [4.78, 5) is 20.8. The van der Waals surface area contributed by atoms with E-state index >= 15 is 0 Å². The van der Waals surface area contributed by atoms with Crippen LogP contribution in [0.3, 0.4) is 0 Å². The monoisotopic (exact) mass is 347 g/mol. The fourth-order valence-electron chi connectivity index (χ4n) is 3.65. The highest BCUT2D eigenvalue weighted by Crippen LogP contribution is 2.21. The van der Waals surface area contributed by atoms with Crippen LogP contribution in [0.5, 0.6) is 0 Å². The second-order valence-electron chi connectivity index (χ2n) is 6.97. The highest BCUT2D eigenvalue weighted by molar-refractivity contribution is 7.99. The van der Waals surface area contributed by atoms with Crippen LogP contribution in [0.4, 0.5) is 0 Å². The summed E-state index contributed by atoms with van der Waals surface area (Å²) in [6, 6.07) is 11.1. The number of hydrogen-bond acceptors (Lipinski definition) is 4. The third-order valence-corrected chi connectivity index (χ3v) is 6.09. The molecule has 0 aliphatic carbocycles. The van der Waals surface area contributed by atoms with E-state index in [0.29, 0.717) is 11.9 Å². The molecule has 2 heterocycles. The number of carbonyl (C=O) groups excluding carboxylic acids is 1. The lowest BCUT2D eigenvalue weighted by Gasteiger charge is -2.37. The Balaban J connectivity index is 1.39. The molecule has 4 nitrogen and oxygen atoms in total. The van der Waals surface area contributed by atoms with Crippen LogP contribution in [0.15, 0.2) is 35.2 Å². The Hall–Kier alpha value is -1.04. The van der Waals surface area contributed by atoms with E-state index in [1.807, 2.05) is 16.7 Å². The van der Waals surface area contributed by atoms with Crippen molar-refractivity contribution in [3.63, 3.8) is 0 Å². The molecule has 24 heavy (non-hydrogen) atoms. The van der Waals surface area contributed by atoms with Gasteiger partial charge in [-0.25, -0.2) is 0 Å². The first kappa shape index (κ1) is 17.8. The standard InChI is InChI=1S/C19H29N3OS/c1-16(2)22-9-8-18(19(22)23)21-12-10-20(11-13-21)14-15-24-17-6-4-3-5-7-17/h3-7,16,18H,8-15H2,1-2H3/t18-/m1/s1. The van der Waals surface area contributed by atoms with Crippen molar-refractivity contribution in [2.75, 3.05) is 45.0 Å². The number of thioether (sulfide) groups is 1. The number of hydrogen-bond donors (Lipinski definition) is 0. The summed E-state index contributed by atoms with van der Waals surface area (Å²) in [5.41, 5.74) is 0. The van der Waals surface area contributed by atoms with Gasteiger partial charge in [-0.15, -0.1) is 11.8 Å². The average molecular weight is 348 g/mol. The summed E-state index contributed by atoms with van der Waals surface area (Å²) >= 11 is 1.93. The van der Waals surface area contributed by atoms with Crippen molar-refractivity contribution in [3.05, 3.63) is 30.3 Å². The normalized spacial score (nSPS) is 23.4. The Morgan fingerprint density at radius 3 is 2.42 bits per heavy atom. The fraction of sp³-hybridized carbons (Fsp3) is 0.632. The van der Waals surface area contributed by atoms with Crippen LogP contribution in [0.2, 0.25) is 0 Å². The molecule has 132 valence electrons. The lowest BCUT2D eigenvalue weighted by atomic mass is 10.2. The first-order chi connectivity index (χ1) is 11.6. The van der Waals surface area contributed by atoms with Gasteiger partial charge in [-0.3, -0.25) is 14.6 Å². The van der Waals surface area contributed by atoms with Crippen molar-refractivity contribution < 1.29 is 4.79 Å². The first-order valence-electron chi connectivity index (χ1n) is 9.10. The maximum atomic E-state index is 12.5. The second-order valence-corrected chi connectivity index (χ2v) is 8.14. The van der Waals surface area contributed by atoms with E-state index in [0.717, 1.165) is 51.4 Å². The molecule has 0 saturated carbocycles. The highest BCUT2D eigenvalue weighted by Gasteiger charge is 2.37. The van der Waals surface area contributed by atoms with Crippen LogP contribution >= 0.6 is 11.8 Å². The maximum Gasteiger partial charge on any atom is 0.240 e. The Labute approximate surface area is 150 Å². The summed E-state index contributed by atoms with van der Waals surface area (Å²) in [5, 5.41) is 0. The van der Waals surface area contributed by atoms with Gasteiger partial charge in [-0.2, -0.15) is 0 Å². The molecule has 0 aromatic heterocycles. The SMILES string of the molecule is CC(C)N1CC[C@@H](N2CCN(CCSc3ccccc3)CC2)C1=O. The fourth-order valence-corrected chi connectivity index (χ4v) is 4.58. The predicted octanol–water partition coefficient (Wildman–Crippen LogP) is 2.41. The molecule has 2 fully saturated rings. The molecule has 2 aliphatic rings. The average Bonchev–Trinajstić information content (AvgIpc) is 2.98. The molecular formula is C19H29N3OS. The molecule has 3 rings (SSSR count). The predicted molar refractivity (Wildman–Crippen MR) is 100 cm³/mol. The van der Waals surface area contributed by atoms with E-state index in [4.69, 9.17) is 0 Å². The Bertz CT molecular complexity index is 529. The lowest BCUT2D eigenvalue weighted by Crippen LogP contribution is -2.53. The van der Waals surface area contributed by atoms with Gasteiger partial charge in [0.05, 0.1) is 6.04 Å². The summed E-state index contributed by atoms with van der Waals surface area (Å²) in [5.74, 6) is 1.48. The molecule has 2 saturated heterocycles. The van der Waals surface area contributed by atoms with Gasteiger partial charge in [0.25, 0.3) is 0 Å². The van der Waals surface area contributed by atoms with Crippen LogP contribution < -0.4 is 0 Å². The molecule has 2 aliphatic heterocycles. The molecule has 1 aromatic carbocycles. The van der Waals surface area contributed by atoms with Crippen molar-refractivity contribution in [1.82, 2.24) is 14.7 Å². The molecule has 0 radical (unpaired) electrons. The van der Waals surface area contributed by atoms with Crippen LogP contribution in [0.1, 0.15) is 20.3 Å². The minimum Gasteiger partial charge on any atom is -0.339 e. The minimum absolute atomic E-state index is 0.133. The summed E-state index contributed by atoms with van der Waals surface area (Å²) < 4.78 is 0. The van der Waals surface area contributed by atoms with Gasteiger partial charge in [-0.1, -0.05) is 18.2 Å². The number of amides is 1. The Kier molecular flexibility index (Phi) is 6.19. The number of piperazine rings is 1. The molecule has 5 heteroatoms. The van der Waals surface area contributed by atoms with Crippen LogP contribution in [-0.2, 0) is 4.79 Å². The zero-order valence-corrected chi connectivity index (χ0v) is 15.7. The molecule has 1 amide bonds. The van der Waals surface area contributed by atoms with Gasteiger partial charge in [0.1, 0.15) is 0 Å². The summed E-state index contributed by atoms with van der Waals surface area (Å²) in [7, 11) is 0. The van der Waals surface area contributed by atoms with E-state index in [1.54, 1.807) is 0 Å². The van der Waals surface area contributed by atoms with Gasteiger partial charge in [0.2, 0.25) is 5.91 Å². The van der Waals surface area contributed by atoms with Crippen molar-refractivity contribution in [1.29, 1.82) is 0 Å². The molecule has 0 bridgehead atoms. The molecule has 1 aromatic rings. The number of rotatable bonds is 6. The third-order valence-electron chi connectivity index (χ3n) is 5.10. The summed E-state index contributed by atoms with van der Waals surface area (Å²) in [6.07, 6.45) is 1.00. The summed E-state index contributed by atoms with van der Waals surface area (Å²) in [6.45, 7) is 10.5. The number of carbonyl (C=O) groups is 1. The van der Waals surface area contributed by atoms with Gasteiger partial charge in [0.15, 0.2) is 0 Å². The van der Waals surface area contributed by atoms with E-state index in [9.17, 15) is 4.79 Å². The molecular weight excluding hydrogens is 318 g/mol. The quantitative estimate of drug-likeness (QED) is 0.739. The molecule has 1 atom stereocenters. The third kappa shape index (κ3) is 4.32. The second kappa shape index (κ2) is 8.37. The van der Waals surface area contributed by atoms with Crippen molar-refractivity contribution in [3.8, 4) is 0 Å². The first-order valence-corrected chi connectivity index (χ1v) is 10.1. The molecule has 0 unspecified atom stereocenters. The van der Waals surface area contributed by atoms with Crippen molar-refractivity contribution in [2.24, 2.45) is 0 Å². The molecule has 0 spiro atoms. The van der Waals surface area contributed by atoms with Gasteiger partial charge < -0.3 is 4.90 Å². The zero-order chi connectivity index (χ0) is 16.9. The van der Waals surface area contributed by atoms with Gasteiger partial charge in [0, 0.05) is 56.0 Å².